The number of Topliss-reactive ketones (excluding diaryl/α,β-unsaturated/α-hetero) is 1. The molecule has 0 saturated heterocycles. The molecule has 0 heterocycles. The molecule has 1 N–H and O–H groups in total. The van der Waals surface area contributed by atoms with Gasteiger partial charge in [0.05, 0.1) is 18.0 Å². The van der Waals surface area contributed by atoms with E-state index in [1.807, 2.05) is 19.9 Å². The second-order valence-corrected chi connectivity index (χ2v) is 8.76. The van der Waals surface area contributed by atoms with Gasteiger partial charge >= 0.3 is 0 Å². The van der Waals surface area contributed by atoms with Crippen LogP contribution in [0.5, 0.6) is 5.75 Å². The fourth-order valence-electron chi connectivity index (χ4n) is 2.60. The molecule has 0 radical (unpaired) electrons. The Hall–Kier alpha value is -2.71. The standard InChI is InChI=1S/C21H26N2O5S/c1-5-12-28-18-8-11-20(15(2)13-18)22-21(25)14-23(4)29(26,27)19-9-6-17(7-10-19)16(3)24/h6-11,13H,5,12,14H2,1-4H3,(H,22,25). The van der Waals surface area contributed by atoms with Crippen LogP contribution in [-0.4, -0.2) is 44.6 Å². The molecule has 2 aromatic carbocycles. The van der Waals surface area contributed by atoms with E-state index in [9.17, 15) is 18.0 Å². The molecular formula is C21H26N2O5S. The van der Waals surface area contributed by atoms with Crippen LogP contribution in [0.15, 0.2) is 47.4 Å². The third-order valence-electron chi connectivity index (χ3n) is 4.28. The highest BCUT2D eigenvalue weighted by Gasteiger charge is 2.23. The topological polar surface area (TPSA) is 92.8 Å². The summed E-state index contributed by atoms with van der Waals surface area (Å²) < 4.78 is 31.8. The molecule has 1 amide bonds. The monoisotopic (exact) mass is 418 g/mol. The Balaban J connectivity index is 2.05. The lowest BCUT2D eigenvalue weighted by Gasteiger charge is -2.18. The molecule has 8 heteroatoms. The minimum Gasteiger partial charge on any atom is -0.494 e. The highest BCUT2D eigenvalue weighted by atomic mass is 32.2. The van der Waals surface area contributed by atoms with Crippen LogP contribution >= 0.6 is 0 Å². The molecule has 0 bridgehead atoms. The van der Waals surface area contributed by atoms with Gasteiger partial charge in [0.2, 0.25) is 15.9 Å². The summed E-state index contributed by atoms with van der Waals surface area (Å²) in [7, 11) is -2.52. The molecule has 0 aliphatic carbocycles. The average molecular weight is 419 g/mol. The number of nitrogens with one attached hydrogen (secondary N) is 1. The summed E-state index contributed by atoms with van der Waals surface area (Å²) in [5.74, 6) is 0.112. The number of likely N-dealkylation sites (N-methyl/N-ethyl adjacent to an activating group) is 1. The van der Waals surface area contributed by atoms with Gasteiger partial charge in [0.1, 0.15) is 5.75 Å². The Morgan fingerprint density at radius 2 is 1.76 bits per heavy atom. The second kappa shape index (κ2) is 9.67. The van der Waals surface area contributed by atoms with Crippen molar-refractivity contribution in [3.05, 3.63) is 53.6 Å². The summed E-state index contributed by atoms with van der Waals surface area (Å²) in [6.45, 7) is 5.53. The van der Waals surface area contributed by atoms with Crippen molar-refractivity contribution in [2.75, 3.05) is 25.5 Å². The molecule has 0 aromatic heterocycles. The summed E-state index contributed by atoms with van der Waals surface area (Å²) in [6.07, 6.45) is 0.899. The summed E-state index contributed by atoms with van der Waals surface area (Å²) in [4.78, 5) is 23.7. The molecule has 0 atom stereocenters. The number of sulfonamides is 1. The lowest BCUT2D eigenvalue weighted by Crippen LogP contribution is -2.35. The molecule has 0 spiro atoms. The van der Waals surface area contributed by atoms with E-state index in [1.54, 1.807) is 12.1 Å². The van der Waals surface area contributed by atoms with Crippen LogP contribution in [0.4, 0.5) is 5.69 Å². The number of hydrogen-bond donors (Lipinski definition) is 1. The Bertz CT molecular complexity index is 985. The zero-order valence-corrected chi connectivity index (χ0v) is 17.9. The normalized spacial score (nSPS) is 11.3. The van der Waals surface area contributed by atoms with E-state index in [0.29, 0.717) is 17.9 Å². The highest BCUT2D eigenvalue weighted by molar-refractivity contribution is 7.89. The Morgan fingerprint density at radius 3 is 2.31 bits per heavy atom. The summed E-state index contributed by atoms with van der Waals surface area (Å²) in [6, 6.07) is 10.9. The molecule has 29 heavy (non-hydrogen) atoms. The Labute approximate surface area is 171 Å². The van der Waals surface area contributed by atoms with E-state index >= 15 is 0 Å². The first-order valence-corrected chi connectivity index (χ1v) is 10.7. The summed E-state index contributed by atoms with van der Waals surface area (Å²) >= 11 is 0. The van der Waals surface area contributed by atoms with E-state index in [0.717, 1.165) is 22.0 Å². The van der Waals surface area contributed by atoms with Crippen molar-refractivity contribution in [1.82, 2.24) is 4.31 Å². The Kier molecular flexibility index (Phi) is 7.53. The lowest BCUT2D eigenvalue weighted by atomic mass is 10.2. The molecule has 0 unspecified atom stereocenters. The first-order chi connectivity index (χ1) is 13.6. The van der Waals surface area contributed by atoms with Gasteiger partial charge in [0.15, 0.2) is 5.78 Å². The van der Waals surface area contributed by atoms with Gasteiger partial charge in [0, 0.05) is 18.3 Å². The number of hydrogen-bond acceptors (Lipinski definition) is 5. The van der Waals surface area contributed by atoms with Crippen LogP contribution in [0.2, 0.25) is 0 Å². The van der Waals surface area contributed by atoms with Gasteiger partial charge < -0.3 is 10.1 Å². The van der Waals surface area contributed by atoms with Crippen molar-refractivity contribution >= 4 is 27.4 Å². The van der Waals surface area contributed by atoms with E-state index in [1.165, 1.54) is 38.2 Å². The maximum atomic E-state index is 12.7. The molecule has 0 saturated carbocycles. The minimum atomic E-state index is -3.85. The van der Waals surface area contributed by atoms with Crippen LogP contribution < -0.4 is 10.1 Å². The second-order valence-electron chi connectivity index (χ2n) is 6.72. The van der Waals surface area contributed by atoms with Gasteiger partial charge in [-0.25, -0.2) is 8.42 Å². The van der Waals surface area contributed by atoms with Gasteiger partial charge in [-0.1, -0.05) is 19.1 Å². The maximum Gasteiger partial charge on any atom is 0.243 e. The molecule has 2 aromatic rings. The van der Waals surface area contributed by atoms with Crippen molar-refractivity contribution in [1.29, 1.82) is 0 Å². The minimum absolute atomic E-state index is 0.0198. The van der Waals surface area contributed by atoms with Gasteiger partial charge in [-0.05, 0) is 56.2 Å². The third-order valence-corrected chi connectivity index (χ3v) is 6.10. The van der Waals surface area contributed by atoms with Gasteiger partial charge in [0.25, 0.3) is 0 Å². The van der Waals surface area contributed by atoms with Crippen molar-refractivity contribution in [2.45, 2.75) is 32.1 Å². The fourth-order valence-corrected chi connectivity index (χ4v) is 3.73. The third kappa shape index (κ3) is 5.88. The van der Waals surface area contributed by atoms with Crippen LogP contribution in [-0.2, 0) is 14.8 Å². The van der Waals surface area contributed by atoms with Gasteiger partial charge in [-0.3, -0.25) is 9.59 Å². The molecule has 7 nitrogen and oxygen atoms in total. The first kappa shape index (κ1) is 22.6. The number of aryl methyl sites for hydroxylation is 1. The number of ether oxygens (including phenoxy) is 1. The van der Waals surface area contributed by atoms with E-state index in [-0.39, 0.29) is 17.2 Å². The van der Waals surface area contributed by atoms with Gasteiger partial charge in [-0.2, -0.15) is 4.31 Å². The first-order valence-electron chi connectivity index (χ1n) is 9.25. The maximum absolute atomic E-state index is 12.7. The highest BCUT2D eigenvalue weighted by Crippen LogP contribution is 2.22. The predicted molar refractivity (Wildman–Crippen MR) is 112 cm³/mol. The number of rotatable bonds is 9. The zero-order chi connectivity index (χ0) is 21.6. The number of amides is 1. The van der Waals surface area contributed by atoms with Crippen molar-refractivity contribution < 1.29 is 22.7 Å². The molecule has 0 aliphatic rings. The van der Waals surface area contributed by atoms with Gasteiger partial charge in [-0.15, -0.1) is 0 Å². The van der Waals surface area contributed by atoms with Crippen LogP contribution in [0, 0.1) is 6.92 Å². The molecule has 2 rings (SSSR count). The van der Waals surface area contributed by atoms with Crippen molar-refractivity contribution in [3.63, 3.8) is 0 Å². The number of carbonyl (C=O) groups is 2. The fraction of sp³-hybridized carbons (Fsp3) is 0.333. The molecular weight excluding hydrogens is 392 g/mol. The van der Waals surface area contributed by atoms with E-state index in [2.05, 4.69) is 5.32 Å². The van der Waals surface area contributed by atoms with E-state index in [4.69, 9.17) is 4.74 Å². The van der Waals surface area contributed by atoms with Crippen LogP contribution in [0.3, 0.4) is 0 Å². The largest absolute Gasteiger partial charge is 0.494 e. The molecule has 0 fully saturated rings. The van der Waals surface area contributed by atoms with E-state index < -0.39 is 15.9 Å². The zero-order valence-electron chi connectivity index (χ0n) is 17.1. The smallest absolute Gasteiger partial charge is 0.243 e. The summed E-state index contributed by atoms with van der Waals surface area (Å²) in [5.41, 5.74) is 1.83. The molecule has 156 valence electrons. The number of anilines is 1. The Morgan fingerprint density at radius 1 is 1.10 bits per heavy atom. The average Bonchev–Trinajstić information content (AvgIpc) is 2.68. The van der Waals surface area contributed by atoms with Crippen molar-refractivity contribution in [3.8, 4) is 5.75 Å². The van der Waals surface area contributed by atoms with Crippen LogP contribution in [0.1, 0.15) is 36.2 Å². The lowest BCUT2D eigenvalue weighted by molar-refractivity contribution is -0.116. The quantitative estimate of drug-likeness (QED) is 0.631. The summed E-state index contributed by atoms with van der Waals surface area (Å²) in [5, 5.41) is 2.73. The number of nitrogens with zero attached hydrogens (tertiary/aromatic N) is 1. The SMILES string of the molecule is CCCOc1ccc(NC(=O)CN(C)S(=O)(=O)c2ccc(C(C)=O)cc2)c(C)c1. The molecule has 0 aliphatic heterocycles. The van der Waals surface area contributed by atoms with Crippen molar-refractivity contribution in [2.24, 2.45) is 0 Å². The van der Waals surface area contributed by atoms with Crippen LogP contribution in [0.25, 0.3) is 0 Å². The number of ketones is 1. The predicted octanol–water partition coefficient (Wildman–Crippen LogP) is 3.25. The number of carbonyl (C=O) groups excluding carboxylic acids is 2. The number of benzene rings is 2.